The van der Waals surface area contributed by atoms with E-state index in [4.69, 9.17) is 4.74 Å². The fourth-order valence-electron chi connectivity index (χ4n) is 2.95. The van der Waals surface area contributed by atoms with E-state index >= 15 is 0 Å². The third-order valence-electron chi connectivity index (χ3n) is 4.25. The average Bonchev–Trinajstić information content (AvgIpc) is 2.50. The lowest BCUT2D eigenvalue weighted by molar-refractivity contribution is 0.157. The number of rotatable bonds is 7. The van der Waals surface area contributed by atoms with Crippen LogP contribution in [0.2, 0.25) is 0 Å². The van der Waals surface area contributed by atoms with E-state index in [2.05, 4.69) is 19.1 Å². The van der Waals surface area contributed by atoms with Gasteiger partial charge in [0, 0.05) is 0 Å². The highest BCUT2D eigenvalue weighted by Crippen LogP contribution is 2.37. The molecule has 0 spiro atoms. The molecule has 0 saturated carbocycles. The number of hydrogen-bond acceptors (Lipinski definition) is 2. The van der Waals surface area contributed by atoms with Crippen molar-refractivity contribution in [2.75, 3.05) is 6.61 Å². The maximum atomic E-state index is 9.58. The maximum absolute atomic E-state index is 9.58. The van der Waals surface area contributed by atoms with Crippen molar-refractivity contribution in [1.29, 1.82) is 5.26 Å². The number of nitrogens with zero attached hydrogens (tertiary/aromatic N) is 1. The SMILES string of the molecule is CCCCCCCCC1(C#N)COc2ccccc2C1. The molecule has 0 aliphatic carbocycles. The van der Waals surface area contributed by atoms with E-state index < -0.39 is 0 Å². The molecular weight excluding hydrogens is 246 g/mol. The summed E-state index contributed by atoms with van der Waals surface area (Å²) in [5.74, 6) is 0.960. The predicted molar refractivity (Wildman–Crippen MR) is 81.7 cm³/mol. The first-order chi connectivity index (χ1) is 9.79. The molecule has 0 N–H and O–H groups in total. The van der Waals surface area contributed by atoms with Crippen LogP contribution in [0, 0.1) is 16.7 Å². The monoisotopic (exact) mass is 271 g/mol. The molecule has 20 heavy (non-hydrogen) atoms. The molecule has 2 rings (SSSR count). The van der Waals surface area contributed by atoms with Gasteiger partial charge in [0.2, 0.25) is 0 Å². The molecule has 1 aliphatic heterocycles. The zero-order valence-corrected chi connectivity index (χ0v) is 12.5. The second-order valence-electron chi connectivity index (χ2n) is 5.98. The summed E-state index contributed by atoms with van der Waals surface area (Å²) in [6.45, 7) is 2.79. The normalized spacial score (nSPS) is 20.8. The summed E-state index contributed by atoms with van der Waals surface area (Å²) in [7, 11) is 0. The van der Waals surface area contributed by atoms with Crippen molar-refractivity contribution in [3.05, 3.63) is 29.8 Å². The number of unbranched alkanes of at least 4 members (excludes halogenated alkanes) is 5. The van der Waals surface area contributed by atoms with Crippen molar-refractivity contribution >= 4 is 0 Å². The molecule has 1 heterocycles. The van der Waals surface area contributed by atoms with Crippen molar-refractivity contribution < 1.29 is 4.74 Å². The van der Waals surface area contributed by atoms with Gasteiger partial charge in [-0.05, 0) is 24.5 Å². The van der Waals surface area contributed by atoms with Gasteiger partial charge in [-0.3, -0.25) is 0 Å². The van der Waals surface area contributed by atoms with Gasteiger partial charge in [-0.15, -0.1) is 0 Å². The van der Waals surface area contributed by atoms with Crippen LogP contribution in [0.1, 0.15) is 57.4 Å². The van der Waals surface area contributed by atoms with Crippen molar-refractivity contribution in [2.24, 2.45) is 5.41 Å². The van der Waals surface area contributed by atoms with Gasteiger partial charge in [-0.25, -0.2) is 0 Å². The number of nitriles is 1. The quantitative estimate of drug-likeness (QED) is 0.662. The number of ether oxygens (including phenoxy) is 1. The van der Waals surface area contributed by atoms with E-state index in [0.717, 1.165) is 25.0 Å². The van der Waals surface area contributed by atoms with Gasteiger partial charge in [-0.2, -0.15) is 5.26 Å². The summed E-state index contributed by atoms with van der Waals surface area (Å²) < 4.78 is 5.80. The maximum Gasteiger partial charge on any atom is 0.122 e. The lowest BCUT2D eigenvalue weighted by Crippen LogP contribution is -2.33. The molecule has 108 valence electrons. The Kier molecular flexibility index (Phi) is 5.47. The van der Waals surface area contributed by atoms with Gasteiger partial charge in [0.05, 0.1) is 11.5 Å². The second kappa shape index (κ2) is 7.33. The summed E-state index contributed by atoms with van der Waals surface area (Å²) in [5.41, 5.74) is 0.880. The zero-order chi connectivity index (χ0) is 14.3. The van der Waals surface area contributed by atoms with Crippen LogP contribution in [-0.4, -0.2) is 6.61 Å². The first kappa shape index (κ1) is 14.9. The fourth-order valence-corrected chi connectivity index (χ4v) is 2.95. The molecule has 1 aromatic rings. The summed E-state index contributed by atoms with van der Waals surface area (Å²) in [5, 5.41) is 9.58. The predicted octanol–water partition coefficient (Wildman–Crippen LogP) is 4.88. The molecule has 0 bridgehead atoms. The van der Waals surface area contributed by atoms with Crippen LogP contribution in [0.25, 0.3) is 0 Å². The Morgan fingerprint density at radius 2 is 1.90 bits per heavy atom. The Labute approximate surface area is 122 Å². The first-order valence-electron chi connectivity index (χ1n) is 7.92. The van der Waals surface area contributed by atoms with Crippen LogP contribution in [0.15, 0.2) is 24.3 Å². The van der Waals surface area contributed by atoms with E-state index in [9.17, 15) is 5.26 Å². The molecule has 1 aliphatic rings. The van der Waals surface area contributed by atoms with Crippen molar-refractivity contribution in [2.45, 2.75) is 58.3 Å². The minimum atomic E-state index is -0.306. The Balaban J connectivity index is 1.84. The molecule has 1 aromatic carbocycles. The highest BCUT2D eigenvalue weighted by atomic mass is 16.5. The Morgan fingerprint density at radius 1 is 1.15 bits per heavy atom. The number of para-hydroxylation sites is 1. The number of fused-ring (bicyclic) bond motifs is 1. The minimum Gasteiger partial charge on any atom is -0.492 e. The van der Waals surface area contributed by atoms with Crippen LogP contribution < -0.4 is 4.74 Å². The Bertz CT molecular complexity index is 463. The van der Waals surface area contributed by atoms with Crippen molar-refractivity contribution in [3.8, 4) is 11.8 Å². The topological polar surface area (TPSA) is 33.0 Å². The van der Waals surface area contributed by atoms with Gasteiger partial charge < -0.3 is 4.74 Å². The first-order valence-corrected chi connectivity index (χ1v) is 7.92. The van der Waals surface area contributed by atoms with E-state index in [1.807, 2.05) is 18.2 Å². The van der Waals surface area contributed by atoms with E-state index in [0.29, 0.717) is 6.61 Å². The van der Waals surface area contributed by atoms with Crippen molar-refractivity contribution in [3.63, 3.8) is 0 Å². The third-order valence-corrected chi connectivity index (χ3v) is 4.25. The fraction of sp³-hybridized carbons (Fsp3) is 0.611. The Morgan fingerprint density at radius 3 is 2.70 bits per heavy atom. The number of benzene rings is 1. The highest BCUT2D eigenvalue weighted by Gasteiger charge is 2.35. The van der Waals surface area contributed by atoms with Gasteiger partial charge in [0.25, 0.3) is 0 Å². The molecule has 1 unspecified atom stereocenters. The van der Waals surface area contributed by atoms with Crippen LogP contribution in [0.3, 0.4) is 0 Å². The van der Waals surface area contributed by atoms with Crippen LogP contribution >= 0.6 is 0 Å². The molecule has 0 amide bonds. The number of hydrogen-bond donors (Lipinski definition) is 0. The van der Waals surface area contributed by atoms with E-state index in [-0.39, 0.29) is 5.41 Å². The lowest BCUT2D eigenvalue weighted by atomic mass is 9.77. The molecule has 2 nitrogen and oxygen atoms in total. The van der Waals surface area contributed by atoms with Gasteiger partial charge >= 0.3 is 0 Å². The summed E-state index contributed by atoms with van der Waals surface area (Å²) in [6, 6.07) is 10.6. The van der Waals surface area contributed by atoms with Crippen LogP contribution in [-0.2, 0) is 6.42 Å². The van der Waals surface area contributed by atoms with E-state index in [1.54, 1.807) is 0 Å². The second-order valence-corrected chi connectivity index (χ2v) is 5.98. The van der Waals surface area contributed by atoms with Gasteiger partial charge in [-0.1, -0.05) is 63.6 Å². The average molecular weight is 271 g/mol. The molecular formula is C18H25NO. The van der Waals surface area contributed by atoms with Crippen molar-refractivity contribution in [1.82, 2.24) is 0 Å². The molecule has 1 atom stereocenters. The minimum absolute atomic E-state index is 0.306. The lowest BCUT2D eigenvalue weighted by Gasteiger charge is -2.32. The largest absolute Gasteiger partial charge is 0.492 e. The molecule has 2 heteroatoms. The van der Waals surface area contributed by atoms with E-state index in [1.165, 1.54) is 37.7 Å². The van der Waals surface area contributed by atoms with Crippen LogP contribution in [0.4, 0.5) is 0 Å². The smallest absolute Gasteiger partial charge is 0.122 e. The standard InChI is InChI=1S/C18H25NO/c1-2-3-4-5-6-9-12-18(14-19)13-16-10-7-8-11-17(16)20-15-18/h7-8,10-11H,2-6,9,12-13,15H2,1H3. The summed E-state index contributed by atoms with van der Waals surface area (Å²) >= 11 is 0. The third kappa shape index (κ3) is 3.76. The van der Waals surface area contributed by atoms with Crippen LogP contribution in [0.5, 0.6) is 5.75 Å². The van der Waals surface area contributed by atoms with Gasteiger partial charge in [0.15, 0.2) is 0 Å². The molecule has 0 saturated heterocycles. The zero-order valence-electron chi connectivity index (χ0n) is 12.5. The summed E-state index contributed by atoms with van der Waals surface area (Å²) in [6.07, 6.45) is 9.43. The van der Waals surface area contributed by atoms with Gasteiger partial charge in [0.1, 0.15) is 12.4 Å². The molecule has 0 fully saturated rings. The highest BCUT2D eigenvalue weighted by molar-refractivity contribution is 5.37. The molecule has 0 aromatic heterocycles. The summed E-state index contributed by atoms with van der Waals surface area (Å²) in [4.78, 5) is 0. The Hall–Kier alpha value is -1.49. The molecule has 0 radical (unpaired) electrons.